The predicted octanol–water partition coefficient (Wildman–Crippen LogP) is 3.40. The van der Waals surface area contributed by atoms with Crippen LogP contribution in [0, 0.1) is 22.7 Å². The smallest absolute Gasteiger partial charge is 0.431 e. The molecule has 0 unspecified atom stereocenters. The summed E-state index contributed by atoms with van der Waals surface area (Å²) in [5, 5.41) is 5.21. The first-order valence-electron chi connectivity index (χ1n) is 12.8. The second kappa shape index (κ2) is 9.13. The zero-order chi connectivity index (χ0) is 25.7. The van der Waals surface area contributed by atoms with Crippen molar-refractivity contribution in [3.8, 4) is 0 Å². The van der Waals surface area contributed by atoms with Gasteiger partial charge in [-0.1, -0.05) is 44.2 Å². The van der Waals surface area contributed by atoms with Gasteiger partial charge >= 0.3 is 6.09 Å². The van der Waals surface area contributed by atoms with Gasteiger partial charge in [-0.05, 0) is 49.5 Å². The molecule has 4 aliphatic rings. The fourth-order valence-corrected chi connectivity index (χ4v) is 9.61. The summed E-state index contributed by atoms with van der Waals surface area (Å²) < 4.78 is 39.0. The van der Waals surface area contributed by atoms with Crippen LogP contribution in [0.5, 0.6) is 0 Å². The molecule has 1 aromatic carbocycles. The summed E-state index contributed by atoms with van der Waals surface area (Å²) in [5.74, 6) is -0.691. The molecule has 2 aliphatic carbocycles. The number of amides is 2. The number of hydrogen-bond acceptors (Lipinski definition) is 7. The van der Waals surface area contributed by atoms with Crippen molar-refractivity contribution in [3.63, 3.8) is 0 Å². The van der Waals surface area contributed by atoms with Gasteiger partial charge in [0.2, 0.25) is 10.0 Å². The number of fused-ring (bicyclic) bond motifs is 1. The van der Waals surface area contributed by atoms with Crippen LogP contribution >= 0.6 is 0 Å². The van der Waals surface area contributed by atoms with Gasteiger partial charge in [0.1, 0.15) is 6.04 Å². The van der Waals surface area contributed by atoms with Crippen LogP contribution in [0.25, 0.3) is 0 Å². The Kier molecular flexibility index (Phi) is 6.39. The molecule has 0 radical (unpaired) electrons. The molecule has 36 heavy (non-hydrogen) atoms. The van der Waals surface area contributed by atoms with Crippen LogP contribution in [0.15, 0.2) is 35.4 Å². The molecule has 2 bridgehead atoms. The van der Waals surface area contributed by atoms with E-state index in [2.05, 4.69) is 18.9 Å². The Morgan fingerprint density at radius 2 is 1.94 bits per heavy atom. The molecule has 0 aromatic heterocycles. The normalized spacial score (nSPS) is 33.2. The third kappa shape index (κ3) is 3.84. The summed E-state index contributed by atoms with van der Waals surface area (Å²) in [4.78, 5) is 26.7. The summed E-state index contributed by atoms with van der Waals surface area (Å²) in [7, 11) is -3.83. The largest absolute Gasteiger partial charge is 0.448 e. The van der Waals surface area contributed by atoms with E-state index in [1.54, 1.807) is 13.1 Å². The number of hydrazone groups is 1. The second-order valence-corrected chi connectivity index (χ2v) is 12.8. The second-order valence-electron chi connectivity index (χ2n) is 11.0. The third-order valence-electron chi connectivity index (χ3n) is 9.09. The SMILES string of the molecule is CCOC(=O)N1N=C[C@H](CCOCc2ccccc2)[C@H]1C(=O)N1[C@@H]2C[C@H]3CC[C@]2(CS1(=O)=O)C3(C)C. The average Bonchev–Trinajstić information content (AvgIpc) is 3.49. The van der Waals surface area contributed by atoms with E-state index in [0.29, 0.717) is 32.0 Å². The molecule has 2 heterocycles. The van der Waals surface area contributed by atoms with E-state index in [9.17, 15) is 18.0 Å². The van der Waals surface area contributed by atoms with Crippen LogP contribution in [0.1, 0.15) is 52.0 Å². The maximum absolute atomic E-state index is 14.1. The monoisotopic (exact) mass is 517 g/mol. The number of benzene rings is 1. The topological polar surface area (TPSA) is 106 Å². The van der Waals surface area contributed by atoms with Crippen molar-refractivity contribution in [2.45, 2.75) is 65.1 Å². The highest BCUT2D eigenvalue weighted by Gasteiger charge is 2.72. The fraction of sp³-hybridized carbons (Fsp3) is 0.654. The van der Waals surface area contributed by atoms with E-state index < -0.39 is 39.4 Å². The van der Waals surface area contributed by atoms with Gasteiger partial charge in [0.05, 0.1) is 25.0 Å². The van der Waals surface area contributed by atoms with Gasteiger partial charge in [-0.3, -0.25) is 4.79 Å². The lowest BCUT2D eigenvalue weighted by Gasteiger charge is -2.38. The molecule has 2 saturated carbocycles. The summed E-state index contributed by atoms with van der Waals surface area (Å²) in [6, 6.07) is 8.31. The minimum Gasteiger partial charge on any atom is -0.448 e. The first-order chi connectivity index (χ1) is 17.1. The zero-order valence-electron chi connectivity index (χ0n) is 21.1. The molecule has 1 saturated heterocycles. The first kappa shape index (κ1) is 25.2. The summed E-state index contributed by atoms with van der Waals surface area (Å²) in [6.45, 7) is 6.85. The predicted molar refractivity (Wildman–Crippen MR) is 133 cm³/mol. The van der Waals surface area contributed by atoms with E-state index >= 15 is 0 Å². The third-order valence-corrected chi connectivity index (χ3v) is 11.0. The maximum Gasteiger partial charge on any atom is 0.431 e. The number of rotatable bonds is 7. The Bertz CT molecular complexity index is 1150. The Hall–Kier alpha value is -2.46. The molecule has 9 nitrogen and oxygen atoms in total. The zero-order valence-corrected chi connectivity index (χ0v) is 21.9. The van der Waals surface area contributed by atoms with Crippen LogP contribution in [-0.2, 0) is 30.9 Å². The number of carbonyl (C=O) groups excluding carboxylic acids is 2. The molecule has 1 aromatic rings. The summed E-state index contributed by atoms with van der Waals surface area (Å²) in [6.07, 6.45) is 3.69. The Morgan fingerprint density at radius 3 is 2.64 bits per heavy atom. The van der Waals surface area contributed by atoms with E-state index in [0.717, 1.165) is 27.7 Å². The van der Waals surface area contributed by atoms with Crippen molar-refractivity contribution in [1.82, 2.24) is 9.31 Å². The lowest BCUT2D eigenvalue weighted by Crippen LogP contribution is -2.54. The molecule has 1 spiro atoms. The van der Waals surface area contributed by atoms with Gasteiger partial charge in [-0.15, -0.1) is 0 Å². The van der Waals surface area contributed by atoms with Gasteiger partial charge in [0.15, 0.2) is 0 Å². The van der Waals surface area contributed by atoms with E-state index in [1.165, 1.54) is 0 Å². The number of ether oxygens (including phenoxy) is 2. The van der Waals surface area contributed by atoms with Crippen molar-refractivity contribution in [2.75, 3.05) is 19.0 Å². The Morgan fingerprint density at radius 1 is 1.19 bits per heavy atom. The van der Waals surface area contributed by atoms with Crippen LogP contribution in [0.2, 0.25) is 0 Å². The van der Waals surface area contributed by atoms with Gasteiger partial charge < -0.3 is 9.47 Å². The molecule has 3 fully saturated rings. The number of hydrogen-bond donors (Lipinski definition) is 0. The maximum atomic E-state index is 14.1. The summed E-state index contributed by atoms with van der Waals surface area (Å²) >= 11 is 0. The fourth-order valence-electron chi connectivity index (χ4n) is 7.06. The molecular formula is C26H35N3O6S. The lowest BCUT2D eigenvalue weighted by molar-refractivity contribution is -0.135. The number of carbonyl (C=O) groups is 2. The number of sulfonamides is 1. The van der Waals surface area contributed by atoms with Crippen LogP contribution in [0.4, 0.5) is 4.79 Å². The van der Waals surface area contributed by atoms with Crippen molar-refractivity contribution in [1.29, 1.82) is 0 Å². The van der Waals surface area contributed by atoms with E-state index in [1.807, 2.05) is 30.3 Å². The Labute approximate surface area is 212 Å². The highest BCUT2D eigenvalue weighted by molar-refractivity contribution is 7.90. The van der Waals surface area contributed by atoms with Crippen LogP contribution < -0.4 is 0 Å². The highest BCUT2D eigenvalue weighted by Crippen LogP contribution is 2.70. The van der Waals surface area contributed by atoms with Gasteiger partial charge in [-0.25, -0.2) is 17.5 Å². The number of nitrogens with zero attached hydrogens (tertiary/aromatic N) is 3. The van der Waals surface area contributed by atoms with Crippen LogP contribution in [0.3, 0.4) is 0 Å². The van der Waals surface area contributed by atoms with E-state index in [4.69, 9.17) is 9.47 Å². The minimum absolute atomic E-state index is 0.0161. The van der Waals surface area contributed by atoms with Gasteiger partial charge in [0, 0.05) is 24.2 Å². The minimum atomic E-state index is -3.83. The lowest BCUT2D eigenvalue weighted by atomic mass is 9.69. The van der Waals surface area contributed by atoms with Crippen molar-refractivity contribution < 1.29 is 27.5 Å². The van der Waals surface area contributed by atoms with Crippen LogP contribution in [-0.4, -0.2) is 67.0 Å². The molecule has 2 aliphatic heterocycles. The summed E-state index contributed by atoms with van der Waals surface area (Å²) in [5.41, 5.74) is 0.442. The molecule has 10 heteroatoms. The van der Waals surface area contributed by atoms with Gasteiger partial charge in [-0.2, -0.15) is 10.1 Å². The molecule has 5 rings (SSSR count). The quantitative estimate of drug-likeness (QED) is 0.514. The molecule has 5 atom stereocenters. The highest BCUT2D eigenvalue weighted by atomic mass is 32.2. The first-order valence-corrected chi connectivity index (χ1v) is 14.4. The molecule has 2 amide bonds. The molecule has 0 N–H and O–H groups in total. The van der Waals surface area contributed by atoms with Crippen molar-refractivity contribution in [3.05, 3.63) is 35.9 Å². The van der Waals surface area contributed by atoms with Gasteiger partial charge in [0.25, 0.3) is 5.91 Å². The Balaban J connectivity index is 1.36. The van der Waals surface area contributed by atoms with E-state index in [-0.39, 0.29) is 23.8 Å². The van der Waals surface area contributed by atoms with Crippen molar-refractivity contribution in [2.24, 2.45) is 27.8 Å². The average molecular weight is 518 g/mol. The standard InChI is InChI=1S/C26H35N3O6S/c1-4-35-24(31)28-22(19(15-27-28)11-13-34-16-18-8-6-5-7-9-18)23(30)29-21-14-20-10-12-26(21,25(20,2)3)17-36(29,32)33/h5-9,15,19-22H,4,10-14,16-17H2,1-3H3/t19-,20+,21+,22-,26+/m0/s1. The molecular weight excluding hydrogens is 482 g/mol. The molecule has 196 valence electrons. The van der Waals surface area contributed by atoms with Crippen molar-refractivity contribution >= 4 is 28.2 Å².